The largest absolute Gasteiger partial charge is 0.497 e. The minimum Gasteiger partial charge on any atom is -0.497 e. The van der Waals surface area contributed by atoms with E-state index in [2.05, 4.69) is 10.4 Å². The monoisotopic (exact) mass is 400 g/mol. The van der Waals surface area contributed by atoms with E-state index in [1.54, 1.807) is 13.3 Å². The minimum absolute atomic E-state index is 0.125. The third kappa shape index (κ3) is 3.64. The van der Waals surface area contributed by atoms with Crippen molar-refractivity contribution in [2.75, 3.05) is 12.4 Å². The van der Waals surface area contributed by atoms with Crippen LogP contribution in [0.5, 0.6) is 5.75 Å². The first kappa shape index (κ1) is 19.6. The van der Waals surface area contributed by atoms with Gasteiger partial charge in [-0.2, -0.15) is 5.10 Å². The Morgan fingerprint density at radius 3 is 2.50 bits per heavy atom. The molecule has 0 aliphatic carbocycles. The maximum Gasteiger partial charge on any atom is 0.256 e. The molecule has 0 radical (unpaired) electrons. The fourth-order valence-corrected chi connectivity index (χ4v) is 3.45. The molecule has 152 valence electrons. The molecule has 6 nitrogen and oxygen atoms in total. The SMILES string of the molecule is COc1ccc(NC(=O)c2cc(-c3ccccc3C)nc3c2cnn3C(C)C)cc1. The number of anilines is 1. The Hall–Kier alpha value is -3.67. The third-order valence-electron chi connectivity index (χ3n) is 5.07. The molecule has 0 saturated heterocycles. The molecule has 0 unspecified atom stereocenters. The van der Waals surface area contributed by atoms with E-state index >= 15 is 0 Å². The minimum atomic E-state index is -0.203. The fourth-order valence-electron chi connectivity index (χ4n) is 3.45. The van der Waals surface area contributed by atoms with Crippen LogP contribution in [0, 0.1) is 6.92 Å². The number of amides is 1. The highest BCUT2D eigenvalue weighted by molar-refractivity contribution is 6.12. The summed E-state index contributed by atoms with van der Waals surface area (Å²) in [5, 5.41) is 8.19. The quantitative estimate of drug-likeness (QED) is 0.497. The number of rotatable bonds is 5. The maximum absolute atomic E-state index is 13.2. The molecule has 4 aromatic rings. The molecule has 1 amide bonds. The van der Waals surface area contributed by atoms with Gasteiger partial charge in [-0.1, -0.05) is 24.3 Å². The van der Waals surface area contributed by atoms with E-state index in [1.165, 1.54) is 0 Å². The zero-order chi connectivity index (χ0) is 21.3. The van der Waals surface area contributed by atoms with Crippen molar-refractivity contribution < 1.29 is 9.53 Å². The zero-order valence-corrected chi connectivity index (χ0v) is 17.5. The van der Waals surface area contributed by atoms with Crippen LogP contribution in [0.25, 0.3) is 22.3 Å². The van der Waals surface area contributed by atoms with Gasteiger partial charge in [-0.3, -0.25) is 4.79 Å². The van der Waals surface area contributed by atoms with Crippen molar-refractivity contribution in [3.05, 3.63) is 71.9 Å². The molecule has 2 aromatic heterocycles. The molecule has 2 aromatic carbocycles. The zero-order valence-electron chi connectivity index (χ0n) is 17.5. The van der Waals surface area contributed by atoms with Crippen LogP contribution < -0.4 is 10.1 Å². The van der Waals surface area contributed by atoms with Crippen LogP contribution >= 0.6 is 0 Å². The number of nitrogens with one attached hydrogen (secondary N) is 1. The van der Waals surface area contributed by atoms with Gasteiger partial charge in [0.15, 0.2) is 5.65 Å². The number of carbonyl (C=O) groups is 1. The Balaban J connectivity index is 1.82. The van der Waals surface area contributed by atoms with Crippen LogP contribution in [-0.4, -0.2) is 27.8 Å². The predicted molar refractivity (Wildman–Crippen MR) is 119 cm³/mol. The Labute approximate surface area is 175 Å². The second-order valence-corrected chi connectivity index (χ2v) is 7.47. The van der Waals surface area contributed by atoms with E-state index < -0.39 is 0 Å². The Morgan fingerprint density at radius 2 is 1.83 bits per heavy atom. The van der Waals surface area contributed by atoms with E-state index in [9.17, 15) is 4.79 Å². The maximum atomic E-state index is 13.2. The molecule has 0 fully saturated rings. The summed E-state index contributed by atoms with van der Waals surface area (Å²) in [5.41, 5.74) is 4.78. The van der Waals surface area contributed by atoms with Crippen molar-refractivity contribution in [1.82, 2.24) is 14.8 Å². The number of fused-ring (bicyclic) bond motifs is 1. The number of hydrogen-bond donors (Lipinski definition) is 1. The summed E-state index contributed by atoms with van der Waals surface area (Å²) in [4.78, 5) is 18.1. The van der Waals surface area contributed by atoms with Crippen molar-refractivity contribution in [3.63, 3.8) is 0 Å². The summed E-state index contributed by atoms with van der Waals surface area (Å²) < 4.78 is 7.03. The third-order valence-corrected chi connectivity index (χ3v) is 5.07. The van der Waals surface area contributed by atoms with E-state index in [0.717, 1.165) is 28.0 Å². The summed E-state index contributed by atoms with van der Waals surface area (Å²) in [6.45, 7) is 6.13. The summed E-state index contributed by atoms with van der Waals surface area (Å²) in [6, 6.07) is 17.3. The topological polar surface area (TPSA) is 69.0 Å². The molecule has 6 heteroatoms. The van der Waals surface area contributed by atoms with Gasteiger partial charge in [-0.05, 0) is 56.7 Å². The van der Waals surface area contributed by atoms with Crippen LogP contribution in [0.3, 0.4) is 0 Å². The molecule has 0 bridgehead atoms. The Bertz CT molecular complexity index is 1210. The summed E-state index contributed by atoms with van der Waals surface area (Å²) in [5.74, 6) is 0.532. The first-order valence-electron chi connectivity index (χ1n) is 9.87. The van der Waals surface area contributed by atoms with Gasteiger partial charge >= 0.3 is 0 Å². The number of aryl methyl sites for hydroxylation is 1. The van der Waals surface area contributed by atoms with Crippen LogP contribution in [0.15, 0.2) is 60.8 Å². The molecule has 0 spiro atoms. The number of nitrogens with zero attached hydrogens (tertiary/aromatic N) is 3. The van der Waals surface area contributed by atoms with Gasteiger partial charge in [0.2, 0.25) is 0 Å². The number of pyridine rings is 1. The first-order chi connectivity index (χ1) is 14.5. The van der Waals surface area contributed by atoms with Gasteiger partial charge in [0.1, 0.15) is 5.75 Å². The molecule has 0 aliphatic heterocycles. The van der Waals surface area contributed by atoms with Crippen LogP contribution in [0.2, 0.25) is 0 Å². The highest BCUT2D eigenvalue weighted by Crippen LogP contribution is 2.29. The highest BCUT2D eigenvalue weighted by atomic mass is 16.5. The van der Waals surface area contributed by atoms with Crippen molar-refractivity contribution in [2.24, 2.45) is 0 Å². The average molecular weight is 400 g/mol. The second-order valence-electron chi connectivity index (χ2n) is 7.47. The summed E-state index contributed by atoms with van der Waals surface area (Å²) >= 11 is 0. The van der Waals surface area contributed by atoms with Gasteiger partial charge in [-0.25, -0.2) is 9.67 Å². The van der Waals surface area contributed by atoms with Gasteiger partial charge in [0.05, 0.1) is 30.0 Å². The van der Waals surface area contributed by atoms with Gasteiger partial charge in [-0.15, -0.1) is 0 Å². The molecule has 2 heterocycles. The van der Waals surface area contributed by atoms with Crippen molar-refractivity contribution in [2.45, 2.75) is 26.8 Å². The normalized spacial score (nSPS) is 11.1. The lowest BCUT2D eigenvalue weighted by Gasteiger charge is -2.12. The van der Waals surface area contributed by atoms with Crippen molar-refractivity contribution in [1.29, 1.82) is 0 Å². The summed E-state index contributed by atoms with van der Waals surface area (Å²) in [7, 11) is 1.61. The standard InChI is InChI=1S/C24H24N4O2/c1-15(2)28-23-21(14-25-28)20(13-22(27-23)19-8-6-5-7-16(19)3)24(29)26-17-9-11-18(30-4)12-10-17/h5-15H,1-4H3,(H,26,29). The number of carbonyl (C=O) groups excluding carboxylic acids is 1. The van der Waals surface area contributed by atoms with Crippen LogP contribution in [0.1, 0.15) is 35.8 Å². The molecule has 0 aliphatic rings. The Kier molecular flexibility index (Phi) is 5.23. The van der Waals surface area contributed by atoms with Gasteiger partial charge in [0.25, 0.3) is 5.91 Å². The Morgan fingerprint density at radius 1 is 1.10 bits per heavy atom. The van der Waals surface area contributed by atoms with Gasteiger partial charge in [0, 0.05) is 17.3 Å². The molecule has 30 heavy (non-hydrogen) atoms. The smallest absolute Gasteiger partial charge is 0.256 e. The van der Waals surface area contributed by atoms with Gasteiger partial charge < -0.3 is 10.1 Å². The number of benzene rings is 2. The summed E-state index contributed by atoms with van der Waals surface area (Å²) in [6.07, 6.45) is 1.72. The van der Waals surface area contributed by atoms with E-state index in [1.807, 2.05) is 80.1 Å². The van der Waals surface area contributed by atoms with Crippen molar-refractivity contribution >= 4 is 22.6 Å². The average Bonchev–Trinajstić information content (AvgIpc) is 3.18. The highest BCUT2D eigenvalue weighted by Gasteiger charge is 2.19. The lowest BCUT2D eigenvalue weighted by atomic mass is 10.0. The predicted octanol–water partition coefficient (Wildman–Crippen LogP) is 5.25. The lowest BCUT2D eigenvalue weighted by Crippen LogP contribution is -2.13. The van der Waals surface area contributed by atoms with E-state index in [4.69, 9.17) is 9.72 Å². The van der Waals surface area contributed by atoms with Crippen molar-refractivity contribution in [3.8, 4) is 17.0 Å². The molecular weight excluding hydrogens is 376 g/mol. The first-order valence-corrected chi connectivity index (χ1v) is 9.87. The molecule has 4 rings (SSSR count). The number of methoxy groups -OCH3 is 1. The van der Waals surface area contributed by atoms with E-state index in [0.29, 0.717) is 16.9 Å². The molecule has 0 saturated carbocycles. The molecule has 0 atom stereocenters. The van der Waals surface area contributed by atoms with E-state index in [-0.39, 0.29) is 11.9 Å². The van der Waals surface area contributed by atoms with Crippen LogP contribution in [-0.2, 0) is 0 Å². The molecule has 1 N–H and O–H groups in total. The number of aromatic nitrogens is 3. The fraction of sp³-hybridized carbons (Fsp3) is 0.208. The van der Waals surface area contributed by atoms with Crippen LogP contribution in [0.4, 0.5) is 5.69 Å². The molecular formula is C24H24N4O2. The second kappa shape index (κ2) is 7.99. The lowest BCUT2D eigenvalue weighted by molar-refractivity contribution is 0.102. The number of ether oxygens (including phenoxy) is 1. The number of hydrogen-bond acceptors (Lipinski definition) is 4.